The van der Waals surface area contributed by atoms with Gasteiger partial charge in [-0.3, -0.25) is 4.79 Å². The lowest BCUT2D eigenvalue weighted by Crippen LogP contribution is -2.16. The van der Waals surface area contributed by atoms with Gasteiger partial charge in [0.05, 0.1) is 0 Å². The van der Waals surface area contributed by atoms with Crippen LogP contribution in [0.1, 0.15) is 19.8 Å². The first-order chi connectivity index (χ1) is 4.20. The fourth-order valence-corrected chi connectivity index (χ4v) is 0.580. The van der Waals surface area contributed by atoms with Crippen molar-refractivity contribution in [2.45, 2.75) is 19.8 Å². The molecule has 0 aliphatic rings. The number of carbonyl (C=O) groups excluding carboxylic acids is 1. The van der Waals surface area contributed by atoms with Crippen molar-refractivity contribution in [3.63, 3.8) is 0 Å². The van der Waals surface area contributed by atoms with Crippen molar-refractivity contribution < 1.29 is 4.79 Å². The van der Waals surface area contributed by atoms with Crippen molar-refractivity contribution in [2.24, 2.45) is 11.7 Å². The monoisotopic (exact) mass is 128 g/mol. The van der Waals surface area contributed by atoms with E-state index in [0.717, 1.165) is 6.42 Å². The molecule has 0 unspecified atom stereocenters. The first kappa shape index (κ1) is 8.14. The van der Waals surface area contributed by atoms with Crippen LogP contribution in [0.4, 0.5) is 0 Å². The number of hydrogen-bond donors (Lipinski definition) is 2. The maximum atomic E-state index is 10.2. The molecule has 3 N–H and O–H groups in total. The van der Waals surface area contributed by atoms with Crippen molar-refractivity contribution in [1.29, 1.82) is 5.41 Å². The second kappa shape index (κ2) is 4.06. The SMILES string of the molecule is CC[C@H](C=N)CC(N)=O. The molecule has 0 radical (unpaired) electrons. The van der Waals surface area contributed by atoms with Gasteiger partial charge in [-0.25, -0.2) is 0 Å². The summed E-state index contributed by atoms with van der Waals surface area (Å²) >= 11 is 0. The fraction of sp³-hybridized carbons (Fsp3) is 0.667. The van der Waals surface area contributed by atoms with Gasteiger partial charge in [0, 0.05) is 12.3 Å². The molecule has 0 spiro atoms. The average molecular weight is 128 g/mol. The Balaban J connectivity index is 3.55. The van der Waals surface area contributed by atoms with E-state index in [4.69, 9.17) is 11.1 Å². The van der Waals surface area contributed by atoms with Crippen LogP contribution in [0.5, 0.6) is 0 Å². The minimum atomic E-state index is -0.328. The first-order valence-electron chi connectivity index (χ1n) is 2.99. The molecular formula is C6H12N2O. The van der Waals surface area contributed by atoms with Crippen LogP contribution in [0.15, 0.2) is 0 Å². The number of nitrogens with one attached hydrogen (secondary N) is 1. The van der Waals surface area contributed by atoms with E-state index in [0.29, 0.717) is 6.42 Å². The predicted octanol–water partition coefficient (Wildman–Crippen LogP) is 0.538. The molecule has 1 atom stereocenters. The molecule has 0 saturated heterocycles. The van der Waals surface area contributed by atoms with E-state index in [1.165, 1.54) is 6.21 Å². The summed E-state index contributed by atoms with van der Waals surface area (Å²) in [4.78, 5) is 10.2. The molecule has 52 valence electrons. The maximum Gasteiger partial charge on any atom is 0.218 e. The third kappa shape index (κ3) is 3.70. The lowest BCUT2D eigenvalue weighted by atomic mass is 10.0. The molecule has 0 aliphatic carbocycles. The zero-order valence-electron chi connectivity index (χ0n) is 5.55. The van der Waals surface area contributed by atoms with Crippen molar-refractivity contribution in [1.82, 2.24) is 0 Å². The van der Waals surface area contributed by atoms with Crippen molar-refractivity contribution in [3.8, 4) is 0 Å². The molecule has 9 heavy (non-hydrogen) atoms. The summed E-state index contributed by atoms with van der Waals surface area (Å²) in [5.41, 5.74) is 4.90. The van der Waals surface area contributed by atoms with Crippen LogP contribution in [0.25, 0.3) is 0 Å². The second-order valence-corrected chi connectivity index (χ2v) is 2.01. The van der Waals surface area contributed by atoms with E-state index in [1.54, 1.807) is 0 Å². The number of carbonyl (C=O) groups is 1. The Hall–Kier alpha value is -0.860. The predicted molar refractivity (Wildman–Crippen MR) is 36.4 cm³/mol. The van der Waals surface area contributed by atoms with Gasteiger partial charge in [0.25, 0.3) is 0 Å². The van der Waals surface area contributed by atoms with Gasteiger partial charge in [-0.1, -0.05) is 6.92 Å². The van der Waals surface area contributed by atoms with Crippen LogP contribution in [-0.4, -0.2) is 12.1 Å². The molecule has 0 fully saturated rings. The van der Waals surface area contributed by atoms with Gasteiger partial charge in [0.15, 0.2) is 0 Å². The molecule has 3 nitrogen and oxygen atoms in total. The van der Waals surface area contributed by atoms with Gasteiger partial charge in [0.1, 0.15) is 0 Å². The molecule has 0 heterocycles. The first-order valence-corrected chi connectivity index (χ1v) is 2.99. The van der Waals surface area contributed by atoms with Gasteiger partial charge in [0.2, 0.25) is 5.91 Å². The van der Waals surface area contributed by atoms with Crippen LogP contribution < -0.4 is 5.73 Å². The smallest absolute Gasteiger partial charge is 0.218 e. The van der Waals surface area contributed by atoms with Crippen molar-refractivity contribution in [3.05, 3.63) is 0 Å². The lowest BCUT2D eigenvalue weighted by Gasteiger charge is -2.02. The normalized spacial score (nSPS) is 12.6. The molecule has 1 amide bonds. The highest BCUT2D eigenvalue weighted by molar-refractivity contribution is 5.77. The van der Waals surface area contributed by atoms with Gasteiger partial charge < -0.3 is 11.1 Å². The Morgan fingerprint density at radius 2 is 2.44 bits per heavy atom. The number of nitrogens with two attached hydrogens (primary N) is 1. The van der Waals surface area contributed by atoms with Crippen molar-refractivity contribution in [2.75, 3.05) is 0 Å². The van der Waals surface area contributed by atoms with E-state index in [9.17, 15) is 4.79 Å². The van der Waals surface area contributed by atoms with Crippen molar-refractivity contribution >= 4 is 12.1 Å². The summed E-state index contributed by atoms with van der Waals surface area (Å²) in [7, 11) is 0. The van der Waals surface area contributed by atoms with Crippen LogP contribution in [0.3, 0.4) is 0 Å². The Morgan fingerprint density at radius 1 is 1.89 bits per heavy atom. The third-order valence-corrected chi connectivity index (χ3v) is 1.22. The third-order valence-electron chi connectivity index (χ3n) is 1.22. The van der Waals surface area contributed by atoms with Gasteiger partial charge >= 0.3 is 0 Å². The highest BCUT2D eigenvalue weighted by Crippen LogP contribution is 2.02. The van der Waals surface area contributed by atoms with E-state index >= 15 is 0 Å². The maximum absolute atomic E-state index is 10.2. The standard InChI is InChI=1S/C6H12N2O/c1-2-5(4-7)3-6(8)9/h4-5,7H,2-3H2,1H3,(H2,8,9)/t5-/m0/s1. The molecule has 0 aromatic rings. The second-order valence-electron chi connectivity index (χ2n) is 2.01. The number of hydrogen-bond acceptors (Lipinski definition) is 2. The molecule has 0 aromatic carbocycles. The van der Waals surface area contributed by atoms with E-state index in [-0.39, 0.29) is 11.8 Å². The van der Waals surface area contributed by atoms with Gasteiger partial charge in [-0.2, -0.15) is 0 Å². The largest absolute Gasteiger partial charge is 0.370 e. The summed E-state index contributed by atoms with van der Waals surface area (Å²) in [5.74, 6) is -0.284. The zero-order chi connectivity index (χ0) is 7.28. The molecule has 0 aliphatic heterocycles. The quantitative estimate of drug-likeness (QED) is 0.533. The summed E-state index contributed by atoms with van der Waals surface area (Å²) < 4.78 is 0. The average Bonchev–Trinajstić information content (AvgIpc) is 1.82. The van der Waals surface area contributed by atoms with Crippen LogP contribution >= 0.6 is 0 Å². The van der Waals surface area contributed by atoms with Gasteiger partial charge in [-0.15, -0.1) is 0 Å². The fourth-order valence-electron chi connectivity index (χ4n) is 0.580. The van der Waals surface area contributed by atoms with Gasteiger partial charge in [-0.05, 0) is 12.6 Å². The van der Waals surface area contributed by atoms with Crippen LogP contribution in [0.2, 0.25) is 0 Å². The van der Waals surface area contributed by atoms with Crippen LogP contribution in [0, 0.1) is 11.3 Å². The number of amides is 1. The van der Waals surface area contributed by atoms with E-state index < -0.39 is 0 Å². The van der Waals surface area contributed by atoms with E-state index in [2.05, 4.69) is 0 Å². The summed E-state index contributed by atoms with van der Waals surface area (Å²) in [6, 6.07) is 0. The molecule has 0 bridgehead atoms. The highest BCUT2D eigenvalue weighted by atomic mass is 16.1. The molecule has 0 rings (SSSR count). The lowest BCUT2D eigenvalue weighted by molar-refractivity contribution is -0.118. The van der Waals surface area contributed by atoms with Crippen LogP contribution in [-0.2, 0) is 4.79 Å². The minimum Gasteiger partial charge on any atom is -0.370 e. The Morgan fingerprint density at radius 3 is 2.56 bits per heavy atom. The Kier molecular flexibility index (Phi) is 3.67. The minimum absolute atomic E-state index is 0.0440. The zero-order valence-corrected chi connectivity index (χ0v) is 5.55. The molecular weight excluding hydrogens is 116 g/mol. The summed E-state index contributed by atoms with van der Waals surface area (Å²) in [6.45, 7) is 1.93. The number of rotatable bonds is 4. The highest BCUT2D eigenvalue weighted by Gasteiger charge is 2.04. The molecule has 3 heteroatoms. The topological polar surface area (TPSA) is 66.9 Å². The Bertz CT molecular complexity index is 112. The van der Waals surface area contributed by atoms with E-state index in [1.807, 2.05) is 6.92 Å². The molecule has 0 aromatic heterocycles. The summed E-state index contributed by atoms with van der Waals surface area (Å²) in [5, 5.41) is 6.82. The summed E-state index contributed by atoms with van der Waals surface area (Å²) in [6.07, 6.45) is 2.39. The number of primary amides is 1. The Labute approximate surface area is 54.8 Å². The molecule has 0 saturated carbocycles.